The monoisotopic (exact) mass is 810 g/mol. The molecule has 0 radical (unpaired) electrons. The van der Waals surface area contributed by atoms with Crippen LogP contribution >= 0.6 is 0 Å². The Morgan fingerprint density at radius 3 is 0.938 bits per heavy atom. The van der Waals surface area contributed by atoms with E-state index in [-0.39, 0.29) is 93.6 Å². The molecule has 32 heavy (non-hydrogen) atoms. The summed E-state index contributed by atoms with van der Waals surface area (Å²) in [6.07, 6.45) is 5.39. The van der Waals surface area contributed by atoms with Crippen LogP contribution in [-0.2, 0) is 60.2 Å². The van der Waals surface area contributed by atoms with Gasteiger partial charge in [-0.15, -0.1) is 0 Å². The summed E-state index contributed by atoms with van der Waals surface area (Å²) >= 11 is 0. The number of halogens is 3. The van der Waals surface area contributed by atoms with E-state index >= 15 is 0 Å². The third-order valence-electron chi connectivity index (χ3n) is 5.56. The molecule has 0 atom stereocenters. The Hall–Kier alpha value is 0.404. The SMILES string of the molecule is CCc1n[nH]c(CC)c1[C-](c1c(CC)n[nH]c1CC)c1c(CC)n[nH]c1CC.[I-].[I-].[I-].[Ti+4]. The molecule has 6 nitrogen and oxygen atoms in total. The molecule has 0 aliphatic carbocycles. The summed E-state index contributed by atoms with van der Waals surface area (Å²) in [4.78, 5) is 0. The smallest absolute Gasteiger partial charge is 1.00 e. The zero-order chi connectivity index (χ0) is 20.3. The molecule has 0 saturated heterocycles. The standard InChI is InChI=1S/C22H33N6.3HI.Ti/c1-7-13-19(14(8-2)24-23-13)22(20-15(9-3)25-26-16(20)10-4)21-17(11-5)27-28-18(21)12-6;;;;/h7-12H2,1-6H3,(H,23,24)(H,25,26)(H,27,28);3*1H;/q-1;;;;+4/p-3. The molecule has 3 rings (SSSR count). The Bertz CT molecular complexity index is 750. The zero-order valence-electron chi connectivity index (χ0n) is 19.7. The van der Waals surface area contributed by atoms with E-state index in [0.29, 0.717) is 0 Å². The van der Waals surface area contributed by atoms with Crippen LogP contribution in [0.15, 0.2) is 0 Å². The molecule has 3 aromatic heterocycles. The minimum absolute atomic E-state index is 0. The number of nitrogens with zero attached hydrogens (tertiary/aromatic N) is 3. The number of aryl methyl sites for hydroxylation is 6. The van der Waals surface area contributed by atoms with Gasteiger partial charge < -0.3 is 87.2 Å². The molecule has 3 heterocycles. The van der Waals surface area contributed by atoms with E-state index < -0.39 is 0 Å². The van der Waals surface area contributed by atoms with Crippen LogP contribution in [0.2, 0.25) is 0 Å². The number of aromatic amines is 3. The van der Waals surface area contributed by atoms with Crippen LogP contribution < -0.4 is 71.9 Å². The van der Waals surface area contributed by atoms with Gasteiger partial charge in [0.2, 0.25) is 0 Å². The van der Waals surface area contributed by atoms with Crippen molar-refractivity contribution >= 4 is 0 Å². The molecule has 3 aromatic rings. The van der Waals surface area contributed by atoms with Crippen molar-refractivity contribution in [3.8, 4) is 0 Å². The van der Waals surface area contributed by atoms with E-state index in [4.69, 9.17) is 0 Å². The van der Waals surface area contributed by atoms with Gasteiger partial charge in [0.15, 0.2) is 0 Å². The minimum atomic E-state index is 0. The average Bonchev–Trinajstić information content (AvgIpc) is 3.44. The molecule has 0 saturated carbocycles. The quantitative estimate of drug-likeness (QED) is 0.116. The maximum absolute atomic E-state index is 4.66. The second-order valence-electron chi connectivity index (χ2n) is 7.07. The molecule has 0 spiro atoms. The molecule has 0 fully saturated rings. The molecule has 0 bridgehead atoms. The number of hydrogen-bond acceptors (Lipinski definition) is 3. The summed E-state index contributed by atoms with van der Waals surface area (Å²) in [5, 5.41) is 23.9. The zero-order valence-corrected chi connectivity index (χ0v) is 27.8. The maximum atomic E-state index is 4.66. The van der Waals surface area contributed by atoms with Crippen LogP contribution in [0.1, 0.15) is 92.4 Å². The first kappa shape index (κ1) is 34.6. The topological polar surface area (TPSA) is 86.0 Å². The molecule has 10 heteroatoms. The van der Waals surface area contributed by atoms with E-state index in [1.165, 1.54) is 39.7 Å². The molecule has 3 N–H and O–H groups in total. The molecule has 0 unspecified atom stereocenters. The molecular formula is C22H33I3N6Ti. The number of hydrogen-bond donors (Lipinski definition) is 3. The summed E-state index contributed by atoms with van der Waals surface area (Å²) < 4.78 is 0. The van der Waals surface area contributed by atoms with Crippen molar-refractivity contribution in [3.63, 3.8) is 0 Å². The van der Waals surface area contributed by atoms with Crippen LogP contribution in [0.5, 0.6) is 0 Å². The maximum Gasteiger partial charge on any atom is 4.00 e. The second-order valence-corrected chi connectivity index (χ2v) is 7.07. The van der Waals surface area contributed by atoms with Crippen LogP contribution in [0, 0.1) is 5.92 Å². The number of aromatic nitrogens is 6. The number of H-pyrrole nitrogens is 3. The van der Waals surface area contributed by atoms with Gasteiger partial charge in [-0.2, -0.15) is 0 Å². The summed E-state index contributed by atoms with van der Waals surface area (Å²) in [5.74, 6) is 1.24. The number of rotatable bonds is 9. The fourth-order valence-electron chi connectivity index (χ4n) is 4.06. The van der Waals surface area contributed by atoms with Gasteiger partial charge in [-0.1, -0.05) is 47.5 Å². The molecule has 0 aliphatic rings. The Kier molecular flexibility index (Phi) is 17.4. The molecule has 0 amide bonds. The van der Waals surface area contributed by atoms with Crippen molar-refractivity contribution in [2.75, 3.05) is 0 Å². The van der Waals surface area contributed by atoms with Gasteiger partial charge in [0.25, 0.3) is 0 Å². The van der Waals surface area contributed by atoms with Crippen molar-refractivity contribution in [1.82, 2.24) is 30.6 Å². The fraction of sp³-hybridized carbons (Fsp3) is 0.545. The van der Waals surface area contributed by atoms with Crippen molar-refractivity contribution in [1.29, 1.82) is 0 Å². The second kappa shape index (κ2) is 16.1. The third kappa shape index (κ3) is 6.54. The van der Waals surface area contributed by atoms with E-state index in [1.807, 2.05) is 0 Å². The first-order chi connectivity index (χ1) is 13.6. The van der Waals surface area contributed by atoms with Gasteiger partial charge in [-0.25, -0.2) is 15.3 Å². The molecule has 0 aliphatic heterocycles. The van der Waals surface area contributed by atoms with Crippen LogP contribution in [-0.4, -0.2) is 30.6 Å². The Morgan fingerprint density at radius 2 is 0.750 bits per heavy atom. The van der Waals surface area contributed by atoms with Gasteiger partial charge in [-0.05, 0) is 72.3 Å². The van der Waals surface area contributed by atoms with Crippen molar-refractivity contribution < 1.29 is 93.6 Å². The van der Waals surface area contributed by atoms with E-state index in [2.05, 4.69) is 72.1 Å². The molecular weight excluding hydrogens is 777 g/mol. The van der Waals surface area contributed by atoms with Gasteiger partial charge >= 0.3 is 21.7 Å². The van der Waals surface area contributed by atoms with Crippen LogP contribution in [0.4, 0.5) is 0 Å². The first-order valence-electron chi connectivity index (χ1n) is 10.7. The van der Waals surface area contributed by atoms with Gasteiger partial charge in [0.1, 0.15) is 0 Å². The summed E-state index contributed by atoms with van der Waals surface area (Å²) in [6, 6.07) is 0. The van der Waals surface area contributed by atoms with Crippen LogP contribution in [0.3, 0.4) is 0 Å². The predicted octanol–water partition coefficient (Wildman–Crippen LogP) is -4.74. The van der Waals surface area contributed by atoms with Gasteiger partial charge in [0.05, 0.1) is 0 Å². The van der Waals surface area contributed by atoms with E-state index in [9.17, 15) is 0 Å². The number of nitrogens with one attached hydrogen (secondary N) is 3. The average molecular weight is 810 g/mol. The third-order valence-corrected chi connectivity index (χ3v) is 5.56. The van der Waals surface area contributed by atoms with E-state index in [1.54, 1.807) is 0 Å². The van der Waals surface area contributed by atoms with Crippen molar-refractivity contribution in [2.24, 2.45) is 0 Å². The van der Waals surface area contributed by atoms with Crippen molar-refractivity contribution in [3.05, 3.63) is 56.8 Å². The molecule has 0 aromatic carbocycles. The summed E-state index contributed by atoms with van der Waals surface area (Å²) in [6.45, 7) is 13.1. The van der Waals surface area contributed by atoms with E-state index in [0.717, 1.165) is 55.6 Å². The predicted molar refractivity (Wildman–Crippen MR) is 113 cm³/mol. The largest absolute Gasteiger partial charge is 4.00 e. The Morgan fingerprint density at radius 1 is 0.500 bits per heavy atom. The van der Waals surface area contributed by atoms with Crippen molar-refractivity contribution in [2.45, 2.75) is 80.1 Å². The minimum Gasteiger partial charge on any atom is -1.00 e. The Labute approximate surface area is 258 Å². The fourth-order valence-corrected chi connectivity index (χ4v) is 4.06. The van der Waals surface area contributed by atoms with Gasteiger partial charge in [0, 0.05) is 17.1 Å². The van der Waals surface area contributed by atoms with Gasteiger partial charge in [-0.3, -0.25) is 0 Å². The Balaban J connectivity index is 0. The van der Waals surface area contributed by atoms with Crippen LogP contribution in [0.25, 0.3) is 0 Å². The summed E-state index contributed by atoms with van der Waals surface area (Å²) in [5.41, 5.74) is 10.6. The first-order valence-corrected chi connectivity index (χ1v) is 10.7. The summed E-state index contributed by atoms with van der Waals surface area (Å²) in [7, 11) is 0. The normalized spacial score (nSPS) is 9.94. The molecule has 176 valence electrons.